The zero-order chi connectivity index (χ0) is 16.9. The van der Waals surface area contributed by atoms with Gasteiger partial charge in [0, 0.05) is 11.2 Å². The fraction of sp³-hybridized carbons (Fsp3) is 0.125. The van der Waals surface area contributed by atoms with Gasteiger partial charge in [0.05, 0.1) is 18.3 Å². The molecule has 0 aliphatic rings. The molecule has 3 aromatic rings. The van der Waals surface area contributed by atoms with Crippen LogP contribution in [0.2, 0.25) is 5.02 Å². The van der Waals surface area contributed by atoms with Crippen LogP contribution < -0.4 is 0 Å². The van der Waals surface area contributed by atoms with Crippen LogP contribution in [0.4, 0.5) is 4.39 Å². The molecule has 0 amide bonds. The van der Waals surface area contributed by atoms with Crippen molar-refractivity contribution in [3.63, 3.8) is 0 Å². The molecule has 24 heavy (non-hydrogen) atoms. The van der Waals surface area contributed by atoms with E-state index >= 15 is 0 Å². The van der Waals surface area contributed by atoms with Crippen LogP contribution in [0.25, 0.3) is 0 Å². The summed E-state index contributed by atoms with van der Waals surface area (Å²) >= 11 is 5.89. The SMILES string of the molecule is O=C(OC(Cn1cncn1)c1ccc(Cl)cc1)c1cncc(F)c1. The predicted molar refractivity (Wildman–Crippen MR) is 83.8 cm³/mol. The molecule has 1 aromatic carbocycles. The molecule has 122 valence electrons. The maximum atomic E-state index is 13.2. The average molecular weight is 347 g/mol. The number of rotatable bonds is 5. The number of aromatic nitrogens is 4. The monoisotopic (exact) mass is 346 g/mol. The Hall–Kier alpha value is -2.80. The van der Waals surface area contributed by atoms with E-state index in [9.17, 15) is 9.18 Å². The Bertz CT molecular complexity index is 824. The third kappa shape index (κ3) is 3.94. The summed E-state index contributed by atoms with van der Waals surface area (Å²) in [6, 6.07) is 7.97. The molecule has 0 spiro atoms. The third-order valence-electron chi connectivity index (χ3n) is 3.25. The smallest absolute Gasteiger partial charge is 0.340 e. The number of hydrogen-bond acceptors (Lipinski definition) is 5. The first kappa shape index (κ1) is 16.1. The maximum absolute atomic E-state index is 13.2. The number of hydrogen-bond donors (Lipinski definition) is 0. The first-order valence-corrected chi connectivity index (χ1v) is 7.39. The molecule has 1 atom stereocenters. The summed E-state index contributed by atoms with van der Waals surface area (Å²) in [7, 11) is 0. The molecular weight excluding hydrogens is 335 g/mol. The molecule has 2 heterocycles. The number of esters is 1. The highest BCUT2D eigenvalue weighted by Gasteiger charge is 2.20. The average Bonchev–Trinajstić information content (AvgIpc) is 3.08. The summed E-state index contributed by atoms with van der Waals surface area (Å²) in [6.45, 7) is 0.260. The van der Waals surface area contributed by atoms with Crippen LogP contribution in [0.5, 0.6) is 0 Å². The van der Waals surface area contributed by atoms with Crippen molar-refractivity contribution in [3.8, 4) is 0 Å². The number of halogens is 2. The fourth-order valence-corrected chi connectivity index (χ4v) is 2.23. The second-order valence-electron chi connectivity index (χ2n) is 4.95. The van der Waals surface area contributed by atoms with Crippen LogP contribution in [0.3, 0.4) is 0 Å². The number of carbonyl (C=O) groups is 1. The molecule has 0 saturated carbocycles. The van der Waals surface area contributed by atoms with Gasteiger partial charge in [-0.1, -0.05) is 23.7 Å². The van der Waals surface area contributed by atoms with Gasteiger partial charge in [-0.3, -0.25) is 4.98 Å². The van der Waals surface area contributed by atoms with Crippen molar-refractivity contribution in [2.24, 2.45) is 0 Å². The lowest BCUT2D eigenvalue weighted by Crippen LogP contribution is -2.17. The van der Waals surface area contributed by atoms with Crippen molar-refractivity contribution < 1.29 is 13.9 Å². The molecule has 2 aromatic heterocycles. The Kier molecular flexibility index (Phi) is 4.81. The van der Waals surface area contributed by atoms with Gasteiger partial charge < -0.3 is 4.74 Å². The molecule has 0 bridgehead atoms. The second-order valence-corrected chi connectivity index (χ2v) is 5.39. The van der Waals surface area contributed by atoms with E-state index in [4.69, 9.17) is 16.3 Å². The predicted octanol–water partition coefficient (Wildman–Crippen LogP) is 3.06. The van der Waals surface area contributed by atoms with Crippen molar-refractivity contribution in [2.45, 2.75) is 12.6 Å². The molecule has 0 aliphatic heterocycles. The van der Waals surface area contributed by atoms with E-state index in [1.165, 1.54) is 23.5 Å². The van der Waals surface area contributed by atoms with Gasteiger partial charge in [-0.05, 0) is 23.8 Å². The molecular formula is C16H12ClFN4O2. The van der Waals surface area contributed by atoms with Gasteiger partial charge >= 0.3 is 5.97 Å². The van der Waals surface area contributed by atoms with Gasteiger partial charge in [0.1, 0.15) is 24.6 Å². The summed E-state index contributed by atoms with van der Waals surface area (Å²) < 4.78 is 20.3. The van der Waals surface area contributed by atoms with Gasteiger partial charge in [-0.25, -0.2) is 18.9 Å². The minimum atomic E-state index is -0.679. The van der Waals surface area contributed by atoms with Crippen molar-refractivity contribution in [3.05, 3.63) is 77.3 Å². The van der Waals surface area contributed by atoms with E-state index in [1.807, 2.05) is 0 Å². The van der Waals surface area contributed by atoms with Crippen molar-refractivity contribution in [1.82, 2.24) is 19.7 Å². The number of pyridine rings is 1. The summed E-state index contributed by atoms with van der Waals surface area (Å²) in [5.41, 5.74) is 0.764. The van der Waals surface area contributed by atoms with E-state index < -0.39 is 17.9 Å². The van der Waals surface area contributed by atoms with Crippen LogP contribution >= 0.6 is 11.6 Å². The Labute approximate surface area is 141 Å². The van der Waals surface area contributed by atoms with Crippen molar-refractivity contribution in [1.29, 1.82) is 0 Å². The van der Waals surface area contributed by atoms with E-state index in [0.717, 1.165) is 17.8 Å². The topological polar surface area (TPSA) is 69.9 Å². The molecule has 0 fully saturated rings. The lowest BCUT2D eigenvalue weighted by atomic mass is 10.1. The number of nitrogens with zero attached hydrogens (tertiary/aromatic N) is 4. The second kappa shape index (κ2) is 7.18. The van der Waals surface area contributed by atoms with Crippen LogP contribution in [0.1, 0.15) is 22.0 Å². The van der Waals surface area contributed by atoms with E-state index in [2.05, 4.69) is 15.1 Å². The van der Waals surface area contributed by atoms with Crippen LogP contribution in [-0.2, 0) is 11.3 Å². The number of benzene rings is 1. The molecule has 0 radical (unpaired) electrons. The first-order valence-electron chi connectivity index (χ1n) is 7.01. The summed E-state index contributed by atoms with van der Waals surface area (Å²) in [4.78, 5) is 19.8. The Balaban J connectivity index is 1.83. The van der Waals surface area contributed by atoms with Crippen LogP contribution in [0, 0.1) is 5.82 Å². The molecule has 6 nitrogen and oxygen atoms in total. The standard InChI is InChI=1S/C16H12ClFN4O2/c17-13-3-1-11(2-4-13)15(8-22-10-20-9-21-22)24-16(23)12-5-14(18)7-19-6-12/h1-7,9-10,15H,8H2. The number of ether oxygens (including phenoxy) is 1. The largest absolute Gasteiger partial charge is 0.452 e. The van der Waals surface area contributed by atoms with Crippen LogP contribution in [0.15, 0.2) is 55.4 Å². The zero-order valence-corrected chi connectivity index (χ0v) is 13.1. The van der Waals surface area contributed by atoms with Gasteiger partial charge in [0.15, 0.2) is 0 Å². The van der Waals surface area contributed by atoms with E-state index in [-0.39, 0.29) is 12.1 Å². The first-order chi connectivity index (χ1) is 11.6. The van der Waals surface area contributed by atoms with Crippen LogP contribution in [-0.4, -0.2) is 25.7 Å². The molecule has 3 rings (SSSR count). The van der Waals surface area contributed by atoms with Gasteiger partial charge in [0.25, 0.3) is 0 Å². The van der Waals surface area contributed by atoms with Gasteiger partial charge in [-0.15, -0.1) is 0 Å². The lowest BCUT2D eigenvalue weighted by molar-refractivity contribution is 0.0245. The normalized spacial score (nSPS) is 11.9. The lowest BCUT2D eigenvalue weighted by Gasteiger charge is -2.18. The zero-order valence-electron chi connectivity index (χ0n) is 12.3. The highest BCUT2D eigenvalue weighted by atomic mass is 35.5. The Morgan fingerprint density at radius 1 is 1.25 bits per heavy atom. The summed E-state index contributed by atoms with van der Waals surface area (Å²) in [5, 5.41) is 4.58. The van der Waals surface area contributed by atoms with Crippen molar-refractivity contribution in [2.75, 3.05) is 0 Å². The quantitative estimate of drug-likeness (QED) is 0.664. The molecule has 0 saturated heterocycles. The highest BCUT2D eigenvalue weighted by molar-refractivity contribution is 6.30. The Morgan fingerprint density at radius 3 is 2.71 bits per heavy atom. The summed E-state index contributed by atoms with van der Waals surface area (Å²) in [6.07, 6.45) is 4.53. The minimum absolute atomic E-state index is 0.0348. The molecule has 8 heteroatoms. The van der Waals surface area contributed by atoms with Gasteiger partial charge in [0.2, 0.25) is 0 Å². The maximum Gasteiger partial charge on any atom is 0.340 e. The molecule has 0 N–H and O–H groups in total. The van der Waals surface area contributed by atoms with Gasteiger partial charge in [-0.2, -0.15) is 5.10 Å². The van der Waals surface area contributed by atoms with Crippen molar-refractivity contribution >= 4 is 17.6 Å². The molecule has 1 unspecified atom stereocenters. The fourth-order valence-electron chi connectivity index (χ4n) is 2.11. The Morgan fingerprint density at radius 2 is 2.04 bits per heavy atom. The van der Waals surface area contributed by atoms with E-state index in [0.29, 0.717) is 5.02 Å². The minimum Gasteiger partial charge on any atom is -0.452 e. The highest BCUT2D eigenvalue weighted by Crippen LogP contribution is 2.23. The van der Waals surface area contributed by atoms with E-state index in [1.54, 1.807) is 24.3 Å². The summed E-state index contributed by atoms with van der Waals surface area (Å²) in [5.74, 6) is -1.29. The molecule has 0 aliphatic carbocycles. The third-order valence-corrected chi connectivity index (χ3v) is 3.50. The number of carbonyl (C=O) groups excluding carboxylic acids is 1.